The fourth-order valence-electron chi connectivity index (χ4n) is 2.47. The highest BCUT2D eigenvalue weighted by atomic mass is 19.1. The monoisotopic (exact) mass is 286 g/mol. The van der Waals surface area contributed by atoms with E-state index < -0.39 is 33.5 Å². The van der Waals surface area contributed by atoms with Gasteiger partial charge in [0.05, 0.1) is 22.7 Å². The van der Waals surface area contributed by atoms with Crippen LogP contribution in [0.25, 0.3) is 0 Å². The summed E-state index contributed by atoms with van der Waals surface area (Å²) in [6, 6.07) is 1.33. The molecule has 110 valence electrons. The minimum absolute atomic E-state index is 0.0264. The molecular formula is C13H16F2N2O3. The van der Waals surface area contributed by atoms with Crippen molar-refractivity contribution in [2.75, 3.05) is 11.9 Å². The number of nitro benzene ring substituents is 1. The molecule has 1 fully saturated rings. The number of hydrogen-bond donors (Lipinski definition) is 2. The molecule has 0 atom stereocenters. The number of nitrogens with one attached hydrogen (secondary N) is 1. The Morgan fingerprint density at radius 3 is 2.30 bits per heavy atom. The number of anilines is 1. The van der Waals surface area contributed by atoms with E-state index in [1.165, 1.54) is 0 Å². The number of halogens is 2. The third-order valence-electron chi connectivity index (χ3n) is 3.62. The molecular weight excluding hydrogens is 270 g/mol. The minimum atomic E-state index is -1.03. The van der Waals surface area contributed by atoms with E-state index in [4.69, 9.17) is 0 Å². The first-order chi connectivity index (χ1) is 9.41. The number of nitro groups is 1. The Morgan fingerprint density at radius 1 is 1.25 bits per heavy atom. The van der Waals surface area contributed by atoms with Gasteiger partial charge in [0.25, 0.3) is 5.69 Å². The lowest BCUT2D eigenvalue weighted by Crippen LogP contribution is -2.39. The van der Waals surface area contributed by atoms with Crippen molar-refractivity contribution in [3.05, 3.63) is 33.9 Å². The molecule has 0 bridgehead atoms. The highest BCUT2D eigenvalue weighted by Gasteiger charge is 2.29. The van der Waals surface area contributed by atoms with Gasteiger partial charge in [-0.25, -0.2) is 8.78 Å². The van der Waals surface area contributed by atoms with Crippen molar-refractivity contribution < 1.29 is 18.8 Å². The van der Waals surface area contributed by atoms with Crippen LogP contribution < -0.4 is 5.32 Å². The summed E-state index contributed by atoms with van der Waals surface area (Å²) in [5, 5.41) is 23.3. The Hall–Kier alpha value is -1.76. The number of non-ortho nitro benzene ring substituents is 1. The third kappa shape index (κ3) is 3.22. The van der Waals surface area contributed by atoms with Crippen LogP contribution >= 0.6 is 0 Å². The van der Waals surface area contributed by atoms with Gasteiger partial charge in [0.15, 0.2) is 11.6 Å². The van der Waals surface area contributed by atoms with E-state index in [0.717, 1.165) is 19.3 Å². The van der Waals surface area contributed by atoms with Crippen LogP contribution in [0, 0.1) is 21.7 Å². The lowest BCUT2D eigenvalue weighted by molar-refractivity contribution is -0.385. The van der Waals surface area contributed by atoms with Crippen LogP contribution in [-0.4, -0.2) is 22.2 Å². The van der Waals surface area contributed by atoms with Gasteiger partial charge in [0, 0.05) is 6.54 Å². The topological polar surface area (TPSA) is 75.4 Å². The smallest absolute Gasteiger partial charge is 0.275 e. The third-order valence-corrected chi connectivity index (χ3v) is 3.62. The molecule has 2 N–H and O–H groups in total. The van der Waals surface area contributed by atoms with Crippen LogP contribution in [0.2, 0.25) is 0 Å². The maximum atomic E-state index is 13.7. The summed E-state index contributed by atoms with van der Waals surface area (Å²) in [6.07, 6.45) is 3.96. The van der Waals surface area contributed by atoms with Crippen LogP contribution in [0.3, 0.4) is 0 Å². The van der Waals surface area contributed by atoms with Gasteiger partial charge in [-0.1, -0.05) is 19.3 Å². The van der Waals surface area contributed by atoms with Gasteiger partial charge in [-0.15, -0.1) is 0 Å². The molecule has 0 amide bonds. The van der Waals surface area contributed by atoms with Crippen LogP contribution in [0.5, 0.6) is 0 Å². The molecule has 1 aromatic rings. The van der Waals surface area contributed by atoms with E-state index in [1.54, 1.807) is 0 Å². The van der Waals surface area contributed by atoms with Crippen LogP contribution in [0.4, 0.5) is 20.2 Å². The number of nitrogens with zero attached hydrogens (tertiary/aromatic N) is 1. The largest absolute Gasteiger partial charge is 0.388 e. The standard InChI is InChI=1S/C13H16F2N2O3/c14-10-6-9(17(19)20)7-11(15)12(10)16-8-13(18)4-2-1-3-5-13/h6-7,16,18H,1-5,8H2. The Labute approximate surface area is 114 Å². The average Bonchev–Trinajstić information content (AvgIpc) is 2.38. The molecule has 1 aliphatic carbocycles. The van der Waals surface area contributed by atoms with Gasteiger partial charge < -0.3 is 10.4 Å². The van der Waals surface area contributed by atoms with Crippen molar-refractivity contribution in [3.63, 3.8) is 0 Å². The molecule has 5 nitrogen and oxygen atoms in total. The predicted molar refractivity (Wildman–Crippen MR) is 69.5 cm³/mol. The zero-order chi connectivity index (χ0) is 14.8. The summed E-state index contributed by atoms with van der Waals surface area (Å²) in [7, 11) is 0. The summed E-state index contributed by atoms with van der Waals surface area (Å²) in [6.45, 7) is 0.0264. The van der Waals surface area contributed by atoms with Crippen molar-refractivity contribution >= 4 is 11.4 Å². The van der Waals surface area contributed by atoms with E-state index in [0.29, 0.717) is 25.0 Å². The van der Waals surface area contributed by atoms with Gasteiger partial charge in [0.1, 0.15) is 5.69 Å². The Morgan fingerprint density at radius 2 is 1.80 bits per heavy atom. The fourth-order valence-corrected chi connectivity index (χ4v) is 2.47. The molecule has 0 aromatic heterocycles. The van der Waals surface area contributed by atoms with Gasteiger partial charge in [-0.2, -0.15) is 0 Å². The van der Waals surface area contributed by atoms with Crippen LogP contribution in [0.1, 0.15) is 32.1 Å². The first-order valence-corrected chi connectivity index (χ1v) is 6.51. The van der Waals surface area contributed by atoms with Gasteiger partial charge >= 0.3 is 0 Å². The van der Waals surface area contributed by atoms with E-state index in [9.17, 15) is 24.0 Å². The SMILES string of the molecule is O=[N+]([O-])c1cc(F)c(NCC2(O)CCCCC2)c(F)c1. The molecule has 7 heteroatoms. The molecule has 1 aromatic carbocycles. The van der Waals surface area contributed by atoms with E-state index in [1.807, 2.05) is 0 Å². The predicted octanol–water partition coefficient (Wildman–Crippen LogP) is 2.98. The minimum Gasteiger partial charge on any atom is -0.388 e. The van der Waals surface area contributed by atoms with Crippen molar-refractivity contribution in [3.8, 4) is 0 Å². The molecule has 20 heavy (non-hydrogen) atoms. The van der Waals surface area contributed by atoms with Crippen molar-refractivity contribution in [2.24, 2.45) is 0 Å². The number of hydrogen-bond acceptors (Lipinski definition) is 4. The second-order valence-corrected chi connectivity index (χ2v) is 5.18. The molecule has 0 saturated heterocycles. The summed E-state index contributed by atoms with van der Waals surface area (Å²) in [5.74, 6) is -2.06. The first kappa shape index (κ1) is 14.6. The lowest BCUT2D eigenvalue weighted by atomic mass is 9.85. The lowest BCUT2D eigenvalue weighted by Gasteiger charge is -2.32. The quantitative estimate of drug-likeness (QED) is 0.659. The molecule has 0 radical (unpaired) electrons. The van der Waals surface area contributed by atoms with Gasteiger partial charge in [-0.05, 0) is 12.8 Å². The second kappa shape index (κ2) is 5.70. The maximum Gasteiger partial charge on any atom is 0.275 e. The Balaban J connectivity index is 2.11. The van der Waals surface area contributed by atoms with Gasteiger partial charge in [0.2, 0.25) is 0 Å². The van der Waals surface area contributed by atoms with Gasteiger partial charge in [-0.3, -0.25) is 10.1 Å². The Kier molecular flexibility index (Phi) is 4.17. The van der Waals surface area contributed by atoms with Crippen molar-refractivity contribution in [1.82, 2.24) is 0 Å². The Bertz CT molecular complexity index is 493. The number of aliphatic hydroxyl groups is 1. The fraction of sp³-hybridized carbons (Fsp3) is 0.538. The summed E-state index contributed by atoms with van der Waals surface area (Å²) in [4.78, 5) is 9.63. The highest BCUT2D eigenvalue weighted by Crippen LogP contribution is 2.30. The van der Waals surface area contributed by atoms with Crippen LogP contribution in [0.15, 0.2) is 12.1 Å². The highest BCUT2D eigenvalue weighted by molar-refractivity contribution is 5.51. The van der Waals surface area contributed by atoms with E-state index in [2.05, 4.69) is 5.32 Å². The summed E-state index contributed by atoms with van der Waals surface area (Å²) in [5.41, 5.74) is -2.05. The summed E-state index contributed by atoms with van der Waals surface area (Å²) >= 11 is 0. The molecule has 0 spiro atoms. The zero-order valence-corrected chi connectivity index (χ0v) is 10.9. The normalized spacial score (nSPS) is 17.8. The average molecular weight is 286 g/mol. The van der Waals surface area contributed by atoms with Crippen molar-refractivity contribution in [2.45, 2.75) is 37.7 Å². The first-order valence-electron chi connectivity index (χ1n) is 6.51. The summed E-state index contributed by atoms with van der Waals surface area (Å²) < 4.78 is 27.3. The second-order valence-electron chi connectivity index (χ2n) is 5.18. The molecule has 0 heterocycles. The van der Waals surface area contributed by atoms with Crippen LogP contribution in [-0.2, 0) is 0 Å². The number of benzene rings is 1. The van der Waals surface area contributed by atoms with Crippen molar-refractivity contribution in [1.29, 1.82) is 0 Å². The zero-order valence-electron chi connectivity index (χ0n) is 10.9. The number of rotatable bonds is 4. The molecule has 2 rings (SSSR count). The molecule has 0 unspecified atom stereocenters. The molecule has 1 aliphatic rings. The molecule has 0 aliphatic heterocycles. The van der Waals surface area contributed by atoms with E-state index in [-0.39, 0.29) is 6.54 Å². The van der Waals surface area contributed by atoms with E-state index >= 15 is 0 Å². The molecule has 1 saturated carbocycles. The maximum absolute atomic E-state index is 13.7.